The van der Waals surface area contributed by atoms with Gasteiger partial charge in [0.2, 0.25) is 0 Å². The maximum absolute atomic E-state index is 12.5. The van der Waals surface area contributed by atoms with Gasteiger partial charge in [-0.25, -0.2) is 0 Å². The van der Waals surface area contributed by atoms with Gasteiger partial charge in [0.15, 0.2) is 5.11 Å². The molecule has 29 heavy (non-hydrogen) atoms. The van der Waals surface area contributed by atoms with E-state index in [2.05, 4.69) is 22.8 Å². The SMILES string of the molecule is COc1cccc(CCCNC(=S)Nc2ccc(C(=O)N3CCCCC3)cc2)c1. The number of carbonyl (C=O) groups excluding carboxylic acids is 1. The zero-order valence-corrected chi connectivity index (χ0v) is 17.8. The molecule has 0 spiro atoms. The van der Waals surface area contributed by atoms with E-state index in [1.807, 2.05) is 41.3 Å². The molecule has 0 aromatic heterocycles. The molecule has 5 nitrogen and oxygen atoms in total. The summed E-state index contributed by atoms with van der Waals surface area (Å²) in [6, 6.07) is 15.7. The molecule has 0 bridgehead atoms. The van der Waals surface area contributed by atoms with Gasteiger partial charge in [-0.15, -0.1) is 0 Å². The fourth-order valence-electron chi connectivity index (χ4n) is 3.47. The molecule has 0 saturated carbocycles. The second-order valence-electron chi connectivity index (χ2n) is 7.27. The number of nitrogens with one attached hydrogen (secondary N) is 2. The highest BCUT2D eigenvalue weighted by Crippen LogP contribution is 2.16. The Morgan fingerprint density at radius 1 is 1.10 bits per heavy atom. The molecule has 2 N–H and O–H groups in total. The lowest BCUT2D eigenvalue weighted by Crippen LogP contribution is -2.35. The first-order valence-electron chi connectivity index (χ1n) is 10.2. The van der Waals surface area contributed by atoms with Crippen LogP contribution in [0.25, 0.3) is 0 Å². The van der Waals surface area contributed by atoms with Gasteiger partial charge in [0, 0.05) is 30.9 Å². The zero-order chi connectivity index (χ0) is 20.5. The highest BCUT2D eigenvalue weighted by atomic mass is 32.1. The molecule has 6 heteroatoms. The molecule has 0 unspecified atom stereocenters. The van der Waals surface area contributed by atoms with Crippen molar-refractivity contribution in [3.63, 3.8) is 0 Å². The number of hydrogen-bond acceptors (Lipinski definition) is 3. The summed E-state index contributed by atoms with van der Waals surface area (Å²) in [6.07, 6.45) is 5.35. The number of carbonyl (C=O) groups is 1. The summed E-state index contributed by atoms with van der Waals surface area (Å²) in [5.41, 5.74) is 2.86. The van der Waals surface area contributed by atoms with E-state index in [0.29, 0.717) is 5.11 Å². The van der Waals surface area contributed by atoms with E-state index in [1.54, 1.807) is 7.11 Å². The summed E-state index contributed by atoms with van der Waals surface area (Å²) in [7, 11) is 1.68. The molecule has 3 rings (SSSR count). The largest absolute Gasteiger partial charge is 0.497 e. The lowest BCUT2D eigenvalue weighted by atomic mass is 10.1. The molecule has 0 radical (unpaired) electrons. The van der Waals surface area contributed by atoms with Crippen LogP contribution < -0.4 is 15.4 Å². The van der Waals surface area contributed by atoms with Gasteiger partial charge in [-0.1, -0.05) is 12.1 Å². The van der Waals surface area contributed by atoms with Crippen LogP contribution in [0.15, 0.2) is 48.5 Å². The minimum atomic E-state index is 0.120. The number of piperidine rings is 1. The first-order valence-corrected chi connectivity index (χ1v) is 10.6. The Balaban J connectivity index is 1.40. The maximum Gasteiger partial charge on any atom is 0.253 e. The molecular weight excluding hydrogens is 382 g/mol. The molecule has 1 fully saturated rings. The predicted molar refractivity (Wildman–Crippen MR) is 122 cm³/mol. The van der Waals surface area contributed by atoms with Crippen LogP contribution in [-0.4, -0.2) is 42.7 Å². The molecule has 1 aliphatic heterocycles. The topological polar surface area (TPSA) is 53.6 Å². The molecule has 154 valence electrons. The normalized spacial score (nSPS) is 13.6. The molecule has 0 atom stereocenters. The van der Waals surface area contributed by atoms with E-state index in [-0.39, 0.29) is 5.91 Å². The van der Waals surface area contributed by atoms with Crippen LogP contribution in [0.2, 0.25) is 0 Å². The van der Waals surface area contributed by atoms with Crippen molar-refractivity contribution in [3.05, 3.63) is 59.7 Å². The average Bonchev–Trinajstić information content (AvgIpc) is 2.77. The summed E-state index contributed by atoms with van der Waals surface area (Å²) >= 11 is 5.38. The Hall–Kier alpha value is -2.60. The molecule has 1 aliphatic rings. The van der Waals surface area contributed by atoms with Crippen molar-refractivity contribution in [1.29, 1.82) is 0 Å². The predicted octanol–water partition coefficient (Wildman–Crippen LogP) is 4.24. The van der Waals surface area contributed by atoms with Crippen LogP contribution in [-0.2, 0) is 6.42 Å². The van der Waals surface area contributed by atoms with E-state index in [4.69, 9.17) is 17.0 Å². The highest BCUT2D eigenvalue weighted by Gasteiger charge is 2.17. The number of rotatable bonds is 7. The van der Waals surface area contributed by atoms with Gasteiger partial charge in [-0.3, -0.25) is 4.79 Å². The minimum Gasteiger partial charge on any atom is -0.497 e. The van der Waals surface area contributed by atoms with E-state index in [9.17, 15) is 4.79 Å². The van der Waals surface area contributed by atoms with Gasteiger partial charge in [-0.05, 0) is 86.3 Å². The number of thiocarbonyl (C=S) groups is 1. The molecular formula is C23H29N3O2S. The monoisotopic (exact) mass is 411 g/mol. The summed E-state index contributed by atoms with van der Waals surface area (Å²) in [6.45, 7) is 2.51. The van der Waals surface area contributed by atoms with Crippen LogP contribution in [0.5, 0.6) is 5.75 Å². The van der Waals surface area contributed by atoms with Crippen molar-refractivity contribution < 1.29 is 9.53 Å². The van der Waals surface area contributed by atoms with Crippen LogP contribution in [0, 0.1) is 0 Å². The number of nitrogens with zero attached hydrogens (tertiary/aromatic N) is 1. The lowest BCUT2D eigenvalue weighted by Gasteiger charge is -2.26. The number of likely N-dealkylation sites (tertiary alicyclic amines) is 1. The van der Waals surface area contributed by atoms with Gasteiger partial charge in [-0.2, -0.15) is 0 Å². The summed E-state index contributed by atoms with van der Waals surface area (Å²) < 4.78 is 5.25. The van der Waals surface area contributed by atoms with Gasteiger partial charge in [0.1, 0.15) is 5.75 Å². The molecule has 0 aliphatic carbocycles. The van der Waals surface area contributed by atoms with Crippen LogP contribution >= 0.6 is 12.2 Å². The fraction of sp³-hybridized carbons (Fsp3) is 0.391. The Bertz CT molecular complexity index is 817. The maximum atomic E-state index is 12.5. The van der Waals surface area contributed by atoms with Crippen LogP contribution in [0.4, 0.5) is 5.69 Å². The molecule has 1 saturated heterocycles. The van der Waals surface area contributed by atoms with Crippen LogP contribution in [0.1, 0.15) is 41.6 Å². The number of aryl methyl sites for hydroxylation is 1. The Kier molecular flexibility index (Phi) is 7.87. The van der Waals surface area contributed by atoms with Crippen LogP contribution in [0.3, 0.4) is 0 Å². The Labute approximate surface area is 178 Å². The quantitative estimate of drug-likeness (QED) is 0.527. The minimum absolute atomic E-state index is 0.120. The lowest BCUT2D eigenvalue weighted by molar-refractivity contribution is 0.0724. The molecule has 2 aromatic carbocycles. The zero-order valence-electron chi connectivity index (χ0n) is 16.9. The average molecular weight is 412 g/mol. The van der Waals surface area contributed by atoms with E-state index >= 15 is 0 Å². The third-order valence-corrected chi connectivity index (χ3v) is 5.34. The highest BCUT2D eigenvalue weighted by molar-refractivity contribution is 7.80. The van der Waals surface area contributed by atoms with Gasteiger partial charge >= 0.3 is 0 Å². The Morgan fingerprint density at radius 3 is 2.59 bits per heavy atom. The van der Waals surface area contributed by atoms with E-state index < -0.39 is 0 Å². The Morgan fingerprint density at radius 2 is 1.86 bits per heavy atom. The summed E-state index contributed by atoms with van der Waals surface area (Å²) in [5, 5.41) is 7.00. The van der Waals surface area contributed by atoms with Crippen molar-refractivity contribution in [2.24, 2.45) is 0 Å². The van der Waals surface area contributed by atoms with Crippen molar-refractivity contribution in [1.82, 2.24) is 10.2 Å². The third kappa shape index (κ3) is 6.46. The molecule has 2 aromatic rings. The van der Waals surface area contributed by atoms with Gasteiger partial charge in [0.05, 0.1) is 7.11 Å². The van der Waals surface area contributed by atoms with E-state index in [1.165, 1.54) is 12.0 Å². The van der Waals surface area contributed by atoms with Gasteiger partial charge < -0.3 is 20.3 Å². The number of benzene rings is 2. The third-order valence-electron chi connectivity index (χ3n) is 5.09. The van der Waals surface area contributed by atoms with E-state index in [0.717, 1.165) is 62.3 Å². The number of methoxy groups -OCH3 is 1. The van der Waals surface area contributed by atoms with Crippen molar-refractivity contribution in [2.45, 2.75) is 32.1 Å². The number of hydrogen-bond donors (Lipinski definition) is 2. The standard InChI is InChI=1S/C23H29N3O2S/c1-28-21-9-5-7-18(17-21)8-6-14-24-23(29)25-20-12-10-19(11-13-20)22(27)26-15-3-2-4-16-26/h5,7,9-13,17H,2-4,6,8,14-16H2,1H3,(H2,24,25,29). The first-order chi connectivity index (χ1) is 14.2. The number of ether oxygens (including phenoxy) is 1. The van der Waals surface area contributed by atoms with Gasteiger partial charge in [0.25, 0.3) is 5.91 Å². The molecule has 1 heterocycles. The molecule has 1 amide bonds. The summed E-state index contributed by atoms with van der Waals surface area (Å²) in [4.78, 5) is 14.5. The fourth-order valence-corrected chi connectivity index (χ4v) is 3.69. The number of anilines is 1. The van der Waals surface area contributed by atoms with Crippen molar-refractivity contribution in [2.75, 3.05) is 32.1 Å². The second kappa shape index (κ2) is 10.8. The first kappa shape index (κ1) is 21.1. The smallest absolute Gasteiger partial charge is 0.253 e. The second-order valence-corrected chi connectivity index (χ2v) is 7.67. The van der Waals surface area contributed by atoms with Crippen molar-refractivity contribution in [3.8, 4) is 5.75 Å². The van der Waals surface area contributed by atoms with Crippen molar-refractivity contribution >= 4 is 28.9 Å². The number of amides is 1. The summed E-state index contributed by atoms with van der Waals surface area (Å²) in [5.74, 6) is 1.00.